The van der Waals surface area contributed by atoms with Crippen LogP contribution in [-0.2, 0) is 4.79 Å². The van der Waals surface area contributed by atoms with Gasteiger partial charge in [0.2, 0.25) is 5.91 Å². The molecule has 1 aromatic carbocycles. The molecule has 0 unspecified atom stereocenters. The first-order chi connectivity index (χ1) is 8.15. The van der Waals surface area contributed by atoms with E-state index in [2.05, 4.69) is 21.3 Å². The van der Waals surface area contributed by atoms with Gasteiger partial charge < -0.3 is 21.3 Å². The summed E-state index contributed by atoms with van der Waals surface area (Å²) in [5.41, 5.74) is 1.26. The lowest BCUT2D eigenvalue weighted by Gasteiger charge is -2.08. The van der Waals surface area contributed by atoms with Crippen molar-refractivity contribution in [3.63, 3.8) is 0 Å². The lowest BCUT2D eigenvalue weighted by atomic mass is 10.2. The molecular weight excluding hydrogens is 256 g/mol. The second-order valence-corrected chi connectivity index (χ2v) is 3.36. The summed E-state index contributed by atoms with van der Waals surface area (Å²) >= 11 is 0. The molecule has 0 heterocycles. The summed E-state index contributed by atoms with van der Waals surface area (Å²) in [7, 11) is 3.23. The Kier molecular flexibility index (Phi) is 7.50. The van der Waals surface area contributed by atoms with Gasteiger partial charge in [-0.05, 0) is 25.2 Å². The largest absolute Gasteiger partial charge is 0.341 e. The third kappa shape index (κ3) is 5.51. The van der Waals surface area contributed by atoms with Gasteiger partial charge in [-0.25, -0.2) is 4.79 Å². The average molecular weight is 273 g/mol. The highest BCUT2D eigenvalue weighted by molar-refractivity contribution is 5.94. The summed E-state index contributed by atoms with van der Waals surface area (Å²) in [5.74, 6) is -0.135. The maximum absolute atomic E-state index is 11.3. The average Bonchev–Trinajstić information content (AvgIpc) is 2.29. The lowest BCUT2D eigenvalue weighted by Crippen LogP contribution is -2.26. The molecule has 18 heavy (non-hydrogen) atoms. The number of nitrogens with one attached hydrogen (secondary N) is 4. The standard InChI is InChI=1S/C11H16N4O2.ClH/c1-12-7-10(16)14-8-4-3-5-9(6-8)15-11(17)13-2;/h3-6,12H,7H2,1-2H3,(H,14,16)(H2,13,15,17);1H. The summed E-state index contributed by atoms with van der Waals surface area (Å²) in [5, 5.41) is 10.5. The van der Waals surface area contributed by atoms with E-state index < -0.39 is 0 Å². The molecule has 1 aromatic rings. The van der Waals surface area contributed by atoms with Crippen LogP contribution < -0.4 is 21.3 Å². The first-order valence-corrected chi connectivity index (χ1v) is 5.19. The monoisotopic (exact) mass is 272 g/mol. The fourth-order valence-corrected chi connectivity index (χ4v) is 1.23. The van der Waals surface area contributed by atoms with E-state index in [1.165, 1.54) is 7.05 Å². The number of anilines is 2. The molecule has 0 atom stereocenters. The number of likely N-dealkylation sites (N-methyl/N-ethyl adjacent to an activating group) is 1. The quantitative estimate of drug-likeness (QED) is 0.660. The molecular formula is C11H17ClN4O2. The molecule has 6 nitrogen and oxygen atoms in total. The minimum Gasteiger partial charge on any atom is -0.341 e. The lowest BCUT2D eigenvalue weighted by molar-refractivity contribution is -0.115. The number of halogens is 1. The molecule has 1 rings (SSSR count). The van der Waals surface area contributed by atoms with Gasteiger partial charge in [-0.15, -0.1) is 12.4 Å². The second-order valence-electron chi connectivity index (χ2n) is 3.36. The highest BCUT2D eigenvalue weighted by atomic mass is 35.5. The van der Waals surface area contributed by atoms with Gasteiger partial charge in [0.25, 0.3) is 0 Å². The predicted molar refractivity (Wildman–Crippen MR) is 74.3 cm³/mol. The summed E-state index contributed by atoms with van der Waals surface area (Å²) in [4.78, 5) is 22.4. The zero-order valence-electron chi connectivity index (χ0n) is 10.2. The van der Waals surface area contributed by atoms with E-state index in [0.29, 0.717) is 11.4 Å². The van der Waals surface area contributed by atoms with Crippen LogP contribution in [-0.4, -0.2) is 32.6 Å². The van der Waals surface area contributed by atoms with Crippen LogP contribution in [0.1, 0.15) is 0 Å². The number of urea groups is 1. The molecule has 0 bridgehead atoms. The molecule has 0 saturated carbocycles. The van der Waals surface area contributed by atoms with E-state index in [9.17, 15) is 9.59 Å². The molecule has 3 amide bonds. The predicted octanol–water partition coefficient (Wildman–Crippen LogP) is 1.02. The zero-order chi connectivity index (χ0) is 12.7. The third-order valence-electron chi connectivity index (χ3n) is 1.97. The number of carbonyl (C=O) groups is 2. The molecule has 4 N–H and O–H groups in total. The fraction of sp³-hybridized carbons (Fsp3) is 0.273. The Morgan fingerprint density at radius 2 is 1.72 bits per heavy atom. The van der Waals surface area contributed by atoms with Crippen LogP contribution in [0.5, 0.6) is 0 Å². The molecule has 0 spiro atoms. The fourth-order valence-electron chi connectivity index (χ4n) is 1.23. The Bertz CT molecular complexity index is 412. The highest BCUT2D eigenvalue weighted by Gasteiger charge is 2.02. The second kappa shape index (κ2) is 8.32. The molecule has 0 radical (unpaired) electrons. The van der Waals surface area contributed by atoms with E-state index in [1.807, 2.05) is 0 Å². The topological polar surface area (TPSA) is 82.3 Å². The molecule has 0 aliphatic carbocycles. The Balaban J connectivity index is 0.00000289. The van der Waals surface area contributed by atoms with Gasteiger partial charge >= 0.3 is 6.03 Å². The van der Waals surface area contributed by atoms with Crippen molar-refractivity contribution in [3.05, 3.63) is 24.3 Å². The van der Waals surface area contributed by atoms with Crippen LogP contribution in [0.25, 0.3) is 0 Å². The number of hydrogen-bond donors (Lipinski definition) is 4. The van der Waals surface area contributed by atoms with Gasteiger partial charge in [0.1, 0.15) is 0 Å². The Labute approximate surface area is 112 Å². The van der Waals surface area contributed by atoms with Gasteiger partial charge in [-0.2, -0.15) is 0 Å². The number of rotatable bonds is 4. The molecule has 0 aliphatic rings. The molecule has 100 valence electrons. The van der Waals surface area contributed by atoms with Crippen molar-refractivity contribution < 1.29 is 9.59 Å². The van der Waals surface area contributed by atoms with Crippen molar-refractivity contribution in [1.82, 2.24) is 10.6 Å². The van der Waals surface area contributed by atoms with E-state index in [0.717, 1.165) is 0 Å². The van der Waals surface area contributed by atoms with Crippen molar-refractivity contribution in [1.29, 1.82) is 0 Å². The maximum atomic E-state index is 11.3. The van der Waals surface area contributed by atoms with E-state index in [-0.39, 0.29) is 30.9 Å². The van der Waals surface area contributed by atoms with E-state index in [4.69, 9.17) is 0 Å². The summed E-state index contributed by atoms with van der Waals surface area (Å²) in [6, 6.07) is 6.62. The van der Waals surface area contributed by atoms with Gasteiger partial charge in [0.15, 0.2) is 0 Å². The van der Waals surface area contributed by atoms with Crippen LogP contribution in [0, 0.1) is 0 Å². The molecule has 0 aromatic heterocycles. The number of amides is 3. The number of hydrogen-bond acceptors (Lipinski definition) is 3. The Morgan fingerprint density at radius 1 is 1.11 bits per heavy atom. The minimum atomic E-state index is -0.302. The van der Waals surface area contributed by atoms with Crippen LogP contribution in [0.3, 0.4) is 0 Å². The van der Waals surface area contributed by atoms with Crippen molar-refractivity contribution in [2.75, 3.05) is 31.3 Å². The van der Waals surface area contributed by atoms with Crippen LogP contribution in [0.15, 0.2) is 24.3 Å². The molecule has 7 heteroatoms. The van der Waals surface area contributed by atoms with E-state index >= 15 is 0 Å². The number of carbonyl (C=O) groups excluding carboxylic acids is 2. The van der Waals surface area contributed by atoms with Crippen molar-refractivity contribution in [3.8, 4) is 0 Å². The highest BCUT2D eigenvalue weighted by Crippen LogP contribution is 2.14. The van der Waals surface area contributed by atoms with E-state index in [1.54, 1.807) is 31.3 Å². The first-order valence-electron chi connectivity index (χ1n) is 5.19. The Morgan fingerprint density at radius 3 is 2.28 bits per heavy atom. The summed E-state index contributed by atoms with van der Waals surface area (Å²) < 4.78 is 0. The van der Waals surface area contributed by atoms with Gasteiger partial charge in [0, 0.05) is 18.4 Å². The van der Waals surface area contributed by atoms with Crippen LogP contribution >= 0.6 is 12.4 Å². The summed E-state index contributed by atoms with van der Waals surface area (Å²) in [6.45, 7) is 0.243. The van der Waals surface area contributed by atoms with Crippen LogP contribution in [0.2, 0.25) is 0 Å². The van der Waals surface area contributed by atoms with Crippen LogP contribution in [0.4, 0.5) is 16.2 Å². The molecule has 0 fully saturated rings. The molecule has 0 saturated heterocycles. The van der Waals surface area contributed by atoms with Crippen molar-refractivity contribution >= 4 is 35.7 Å². The Hall–Kier alpha value is -1.79. The van der Waals surface area contributed by atoms with Gasteiger partial charge in [-0.1, -0.05) is 6.07 Å². The third-order valence-corrected chi connectivity index (χ3v) is 1.97. The SMILES string of the molecule is CNCC(=O)Nc1cccc(NC(=O)NC)c1.Cl. The smallest absolute Gasteiger partial charge is 0.318 e. The zero-order valence-corrected chi connectivity index (χ0v) is 11.1. The first kappa shape index (κ1) is 16.2. The molecule has 0 aliphatic heterocycles. The minimum absolute atomic E-state index is 0. The number of benzene rings is 1. The summed E-state index contributed by atoms with van der Waals surface area (Å²) in [6.07, 6.45) is 0. The van der Waals surface area contributed by atoms with Crippen molar-refractivity contribution in [2.24, 2.45) is 0 Å². The maximum Gasteiger partial charge on any atom is 0.318 e. The van der Waals surface area contributed by atoms with Gasteiger partial charge in [-0.3, -0.25) is 4.79 Å². The normalized spacial score (nSPS) is 9.00. The van der Waals surface area contributed by atoms with Gasteiger partial charge in [0.05, 0.1) is 6.54 Å². The van der Waals surface area contributed by atoms with Crippen molar-refractivity contribution in [2.45, 2.75) is 0 Å².